The summed E-state index contributed by atoms with van der Waals surface area (Å²) in [6.45, 7) is 1.63. The molecule has 0 spiro atoms. The van der Waals surface area contributed by atoms with Crippen molar-refractivity contribution in [2.45, 2.75) is 6.92 Å². The minimum Gasteiger partial charge on any atom is -0.366 e. The fourth-order valence-corrected chi connectivity index (χ4v) is 1.45. The smallest absolute Gasteiger partial charge is 0.200 e. The van der Waals surface area contributed by atoms with Gasteiger partial charge in [-0.2, -0.15) is 0 Å². The molecule has 0 saturated carbocycles. The Morgan fingerprint density at radius 2 is 1.29 bits per heavy atom. The van der Waals surface area contributed by atoms with Crippen LogP contribution in [-0.2, 0) is 0 Å². The van der Waals surface area contributed by atoms with Crippen LogP contribution in [-0.4, -0.2) is 19.6 Å². The molecule has 0 aliphatic carbocycles. The molecule has 0 aliphatic rings. The van der Waals surface area contributed by atoms with Crippen LogP contribution in [0.3, 0.4) is 0 Å². The summed E-state index contributed by atoms with van der Waals surface area (Å²) in [4.78, 5) is 0.996. The lowest BCUT2D eigenvalue weighted by Gasteiger charge is -2.23. The molecule has 0 bridgehead atoms. The first-order valence-electron chi connectivity index (χ1n) is 4.92. The molecule has 2 nitrogen and oxygen atoms in total. The first-order chi connectivity index (χ1) is 7.95. The Bertz CT molecular complexity index is 393. The molecule has 0 aliphatic heterocycles. The lowest BCUT2D eigenvalue weighted by Crippen LogP contribution is -2.31. The van der Waals surface area contributed by atoms with E-state index in [9.17, 15) is 22.0 Å². The van der Waals surface area contributed by atoms with Gasteiger partial charge in [0.1, 0.15) is 5.69 Å². The molecule has 1 aromatic rings. The van der Waals surface area contributed by atoms with Gasteiger partial charge in [0.25, 0.3) is 0 Å². The monoisotopic (exact) mass is 254 g/mol. The van der Waals surface area contributed by atoms with Crippen molar-refractivity contribution in [1.82, 2.24) is 0 Å². The molecule has 0 amide bonds. The zero-order chi connectivity index (χ0) is 13.2. The molecule has 0 unspecified atom stereocenters. The van der Waals surface area contributed by atoms with Crippen LogP contribution in [0.5, 0.6) is 0 Å². The van der Waals surface area contributed by atoms with Crippen molar-refractivity contribution in [1.29, 1.82) is 0 Å². The van der Waals surface area contributed by atoms with E-state index in [1.165, 1.54) is 6.92 Å². The topological polar surface area (TPSA) is 29.3 Å². The standard InChI is InChI=1S/C10H11F5N2/c1-2-17(4-3-16)10-8(14)6(12)5(11)7(13)9(10)15/h2-4,16H2,1H3. The van der Waals surface area contributed by atoms with Crippen molar-refractivity contribution in [3.63, 3.8) is 0 Å². The Labute approximate surface area is 94.8 Å². The minimum absolute atomic E-state index is 0.00511. The summed E-state index contributed by atoms with van der Waals surface area (Å²) < 4.78 is 65.3. The molecule has 96 valence electrons. The van der Waals surface area contributed by atoms with Gasteiger partial charge in [-0.3, -0.25) is 0 Å². The fraction of sp³-hybridized carbons (Fsp3) is 0.400. The molecule has 2 N–H and O–H groups in total. The van der Waals surface area contributed by atoms with E-state index in [-0.39, 0.29) is 19.6 Å². The highest BCUT2D eigenvalue weighted by molar-refractivity contribution is 5.50. The molecule has 1 aromatic carbocycles. The van der Waals surface area contributed by atoms with Crippen molar-refractivity contribution in [2.24, 2.45) is 5.73 Å². The molecule has 0 atom stereocenters. The maximum Gasteiger partial charge on any atom is 0.200 e. The Kier molecular flexibility index (Phi) is 4.28. The first kappa shape index (κ1) is 13.7. The van der Waals surface area contributed by atoms with E-state index < -0.39 is 34.8 Å². The molecule has 17 heavy (non-hydrogen) atoms. The number of halogens is 5. The van der Waals surface area contributed by atoms with Crippen LogP contribution in [0, 0.1) is 29.1 Å². The molecule has 0 radical (unpaired) electrons. The van der Waals surface area contributed by atoms with E-state index in [1.807, 2.05) is 0 Å². The lowest BCUT2D eigenvalue weighted by molar-refractivity contribution is 0.378. The van der Waals surface area contributed by atoms with E-state index in [4.69, 9.17) is 5.73 Å². The van der Waals surface area contributed by atoms with Crippen LogP contribution >= 0.6 is 0 Å². The van der Waals surface area contributed by atoms with Crippen molar-refractivity contribution < 1.29 is 22.0 Å². The van der Waals surface area contributed by atoms with Crippen LogP contribution < -0.4 is 10.6 Å². The molecule has 0 aromatic heterocycles. The van der Waals surface area contributed by atoms with Crippen LogP contribution in [0.25, 0.3) is 0 Å². The number of benzene rings is 1. The number of nitrogens with zero attached hydrogens (tertiary/aromatic N) is 1. The van der Waals surface area contributed by atoms with Crippen molar-refractivity contribution in [3.8, 4) is 0 Å². The highest BCUT2D eigenvalue weighted by atomic mass is 19.2. The summed E-state index contributed by atoms with van der Waals surface area (Å²) in [7, 11) is 0. The van der Waals surface area contributed by atoms with Crippen molar-refractivity contribution in [2.75, 3.05) is 24.5 Å². The largest absolute Gasteiger partial charge is 0.366 e. The Hall–Kier alpha value is -1.37. The van der Waals surface area contributed by atoms with Gasteiger partial charge in [-0.05, 0) is 6.92 Å². The number of hydrogen-bond acceptors (Lipinski definition) is 2. The average Bonchev–Trinajstić information content (AvgIpc) is 2.33. The molecule has 0 saturated heterocycles. The second kappa shape index (κ2) is 5.31. The van der Waals surface area contributed by atoms with Gasteiger partial charge in [0, 0.05) is 19.6 Å². The van der Waals surface area contributed by atoms with Crippen LogP contribution in [0.4, 0.5) is 27.6 Å². The molecule has 0 heterocycles. The third-order valence-electron chi connectivity index (χ3n) is 2.28. The predicted molar refractivity (Wildman–Crippen MR) is 53.2 cm³/mol. The first-order valence-corrected chi connectivity index (χ1v) is 4.92. The summed E-state index contributed by atoms with van der Waals surface area (Å²) >= 11 is 0. The van der Waals surface area contributed by atoms with Gasteiger partial charge < -0.3 is 10.6 Å². The summed E-state index contributed by atoms with van der Waals surface area (Å²) in [6, 6.07) is 0. The highest BCUT2D eigenvalue weighted by Crippen LogP contribution is 2.29. The van der Waals surface area contributed by atoms with Crippen LogP contribution in [0.1, 0.15) is 6.92 Å². The van der Waals surface area contributed by atoms with Crippen molar-refractivity contribution >= 4 is 5.69 Å². The van der Waals surface area contributed by atoms with Gasteiger partial charge in [0.05, 0.1) is 0 Å². The third kappa shape index (κ3) is 2.33. The molecule has 0 fully saturated rings. The summed E-state index contributed by atoms with van der Waals surface area (Å²) in [5, 5.41) is 0. The molecule has 1 rings (SSSR count). The van der Waals surface area contributed by atoms with E-state index in [2.05, 4.69) is 0 Å². The fourth-order valence-electron chi connectivity index (χ4n) is 1.45. The normalized spacial score (nSPS) is 10.8. The Morgan fingerprint density at radius 3 is 1.65 bits per heavy atom. The van der Waals surface area contributed by atoms with Gasteiger partial charge in [-0.15, -0.1) is 0 Å². The zero-order valence-corrected chi connectivity index (χ0v) is 9.04. The van der Waals surface area contributed by atoms with Gasteiger partial charge in [0.2, 0.25) is 5.82 Å². The van der Waals surface area contributed by atoms with E-state index >= 15 is 0 Å². The van der Waals surface area contributed by atoms with E-state index in [0.29, 0.717) is 0 Å². The highest BCUT2D eigenvalue weighted by Gasteiger charge is 2.28. The summed E-state index contributed by atoms with van der Waals surface area (Å²) in [5.41, 5.74) is 4.26. The van der Waals surface area contributed by atoms with Gasteiger partial charge >= 0.3 is 0 Å². The van der Waals surface area contributed by atoms with E-state index in [0.717, 1.165) is 4.90 Å². The Morgan fingerprint density at radius 1 is 0.882 bits per heavy atom. The SMILES string of the molecule is CCN(CCN)c1c(F)c(F)c(F)c(F)c1F. The van der Waals surface area contributed by atoms with Crippen molar-refractivity contribution in [3.05, 3.63) is 29.1 Å². The Balaban J connectivity index is 3.41. The minimum atomic E-state index is -2.16. The third-order valence-corrected chi connectivity index (χ3v) is 2.28. The second-order valence-electron chi connectivity index (χ2n) is 3.29. The van der Waals surface area contributed by atoms with Gasteiger partial charge in [-0.25, -0.2) is 22.0 Å². The molecular weight excluding hydrogens is 243 g/mol. The quantitative estimate of drug-likeness (QED) is 0.507. The molecule has 7 heteroatoms. The number of nitrogens with two attached hydrogens (primary N) is 1. The van der Waals surface area contributed by atoms with Crippen LogP contribution in [0.2, 0.25) is 0 Å². The number of anilines is 1. The maximum absolute atomic E-state index is 13.4. The number of hydrogen-bond donors (Lipinski definition) is 1. The second-order valence-corrected chi connectivity index (χ2v) is 3.29. The predicted octanol–water partition coefficient (Wildman–Crippen LogP) is 2.17. The zero-order valence-electron chi connectivity index (χ0n) is 9.04. The molecular formula is C10H11F5N2. The lowest BCUT2D eigenvalue weighted by atomic mass is 10.2. The van der Waals surface area contributed by atoms with Gasteiger partial charge in [0.15, 0.2) is 23.3 Å². The van der Waals surface area contributed by atoms with E-state index in [1.54, 1.807) is 0 Å². The summed E-state index contributed by atoms with van der Waals surface area (Å²) in [5.74, 6) is -9.73. The summed E-state index contributed by atoms with van der Waals surface area (Å²) in [6.07, 6.45) is 0. The number of likely N-dealkylation sites (N-methyl/N-ethyl adjacent to an activating group) is 1. The number of rotatable bonds is 4. The maximum atomic E-state index is 13.4. The van der Waals surface area contributed by atoms with Crippen LogP contribution in [0.15, 0.2) is 0 Å². The average molecular weight is 254 g/mol. The van der Waals surface area contributed by atoms with Gasteiger partial charge in [-0.1, -0.05) is 0 Å².